The molecule has 3 N–H and O–H groups in total. The molecule has 1 amide bonds. The number of hydrogen-bond donors (Lipinski definition) is 3. The highest BCUT2D eigenvalue weighted by atomic mass is 35.5. The fraction of sp³-hybridized carbons (Fsp3) is 0.500. The summed E-state index contributed by atoms with van der Waals surface area (Å²) in [6.07, 6.45) is -2.74. The number of aromatic nitrogens is 4. The maximum atomic E-state index is 14.8. The number of nitrogens with zero attached hydrogens (tertiary/aromatic N) is 4. The van der Waals surface area contributed by atoms with Crippen LogP contribution in [0.5, 0.6) is 0 Å². The number of nitrogens with one attached hydrogen (secondary N) is 2. The van der Waals surface area contributed by atoms with Crippen LogP contribution >= 0.6 is 11.6 Å². The summed E-state index contributed by atoms with van der Waals surface area (Å²) in [6, 6.07) is 0. The van der Waals surface area contributed by atoms with Gasteiger partial charge in [-0.3, -0.25) is 9.88 Å². The number of imidazole rings is 1. The number of halogens is 2. The van der Waals surface area contributed by atoms with Crippen molar-refractivity contribution in [1.82, 2.24) is 19.5 Å². The minimum Gasteiger partial charge on any atom is -0.467 e. The molecule has 0 spiro atoms. The second-order valence-corrected chi connectivity index (χ2v) is 7.69. The molecule has 0 aromatic carbocycles. The molecule has 28 heavy (non-hydrogen) atoms. The minimum absolute atomic E-state index is 0.107. The van der Waals surface area contributed by atoms with E-state index in [1.165, 1.54) is 10.9 Å². The Morgan fingerprint density at radius 2 is 2.18 bits per heavy atom. The van der Waals surface area contributed by atoms with Gasteiger partial charge in [0.15, 0.2) is 23.1 Å². The molecule has 12 heteroatoms. The number of aliphatic hydroxyl groups is 1. The SMILES string of the molecule is C=C1O[C@@H](n2cnc3c(NC)nc(NC(=O)OC(C)(C)C)nc32)[C@@](F)(Cl)[C@@H]1O. The van der Waals surface area contributed by atoms with E-state index in [9.17, 15) is 14.3 Å². The number of fused-ring (bicyclic) bond motifs is 1. The number of amides is 1. The van der Waals surface area contributed by atoms with Gasteiger partial charge in [-0.1, -0.05) is 18.2 Å². The molecule has 1 fully saturated rings. The second kappa shape index (κ2) is 6.74. The Morgan fingerprint density at radius 3 is 2.71 bits per heavy atom. The average molecular weight is 415 g/mol. The summed E-state index contributed by atoms with van der Waals surface area (Å²) in [4.78, 5) is 24.5. The van der Waals surface area contributed by atoms with Crippen molar-refractivity contribution < 1.29 is 23.8 Å². The van der Waals surface area contributed by atoms with Crippen LogP contribution in [0.15, 0.2) is 18.7 Å². The molecule has 1 aliphatic rings. The van der Waals surface area contributed by atoms with Gasteiger partial charge in [-0.25, -0.2) is 14.2 Å². The van der Waals surface area contributed by atoms with Crippen LogP contribution in [0.1, 0.15) is 27.0 Å². The number of ether oxygens (including phenoxy) is 2. The highest BCUT2D eigenvalue weighted by Gasteiger charge is 2.55. The summed E-state index contributed by atoms with van der Waals surface area (Å²) in [5.41, 5.74) is -0.331. The van der Waals surface area contributed by atoms with Crippen LogP contribution in [0.3, 0.4) is 0 Å². The zero-order valence-corrected chi connectivity index (χ0v) is 16.4. The fourth-order valence-electron chi connectivity index (χ4n) is 2.59. The van der Waals surface area contributed by atoms with E-state index in [1.54, 1.807) is 27.8 Å². The van der Waals surface area contributed by atoms with Gasteiger partial charge >= 0.3 is 6.09 Å². The summed E-state index contributed by atoms with van der Waals surface area (Å²) in [6.45, 7) is 8.58. The van der Waals surface area contributed by atoms with E-state index >= 15 is 0 Å². The van der Waals surface area contributed by atoms with Gasteiger partial charge in [-0.2, -0.15) is 9.97 Å². The molecule has 1 aliphatic heterocycles. The molecule has 0 aliphatic carbocycles. The minimum atomic E-state index is -2.69. The predicted octanol–water partition coefficient (Wildman–Crippen LogP) is 2.52. The van der Waals surface area contributed by atoms with Gasteiger partial charge < -0.3 is 19.9 Å². The first-order valence-corrected chi connectivity index (χ1v) is 8.65. The van der Waals surface area contributed by atoms with Gasteiger partial charge in [0.2, 0.25) is 12.2 Å². The molecule has 3 rings (SSSR count). The van der Waals surface area contributed by atoms with Gasteiger partial charge in [0.1, 0.15) is 17.7 Å². The number of carbonyl (C=O) groups excluding carboxylic acids is 1. The Labute approximate surface area is 164 Å². The summed E-state index contributed by atoms with van der Waals surface area (Å²) < 4.78 is 26.5. The largest absolute Gasteiger partial charge is 0.467 e. The quantitative estimate of drug-likeness (QED) is 0.654. The van der Waals surface area contributed by atoms with Crippen molar-refractivity contribution >= 4 is 40.6 Å². The Morgan fingerprint density at radius 1 is 1.50 bits per heavy atom. The summed E-state index contributed by atoms with van der Waals surface area (Å²) in [5, 5.41) is 12.4. The molecule has 0 radical (unpaired) electrons. The lowest BCUT2D eigenvalue weighted by Crippen LogP contribution is -2.34. The zero-order valence-electron chi connectivity index (χ0n) is 15.7. The number of carbonyl (C=O) groups is 1. The summed E-state index contributed by atoms with van der Waals surface area (Å²) >= 11 is 5.84. The first kappa shape index (κ1) is 20.1. The van der Waals surface area contributed by atoms with Crippen molar-refractivity contribution in [3.05, 3.63) is 18.7 Å². The van der Waals surface area contributed by atoms with Crippen LogP contribution in [0.4, 0.5) is 21.0 Å². The Hall–Kier alpha value is -2.66. The molecule has 1 saturated heterocycles. The van der Waals surface area contributed by atoms with E-state index < -0.39 is 29.2 Å². The average Bonchev–Trinajstić information content (AvgIpc) is 3.06. The van der Waals surface area contributed by atoms with Crippen molar-refractivity contribution in [3.8, 4) is 0 Å². The topological polar surface area (TPSA) is 123 Å². The molecule has 0 bridgehead atoms. The number of rotatable bonds is 3. The van der Waals surface area contributed by atoms with Crippen molar-refractivity contribution in [2.75, 3.05) is 17.7 Å². The molecule has 0 saturated carbocycles. The first-order valence-electron chi connectivity index (χ1n) is 8.27. The Balaban J connectivity index is 2.03. The molecule has 10 nitrogen and oxygen atoms in total. The number of aliphatic hydroxyl groups excluding tert-OH is 1. The van der Waals surface area contributed by atoms with Gasteiger partial charge in [0.25, 0.3) is 5.13 Å². The highest BCUT2D eigenvalue weighted by Crippen LogP contribution is 2.46. The second-order valence-electron chi connectivity index (χ2n) is 7.11. The lowest BCUT2D eigenvalue weighted by atomic mass is 10.2. The van der Waals surface area contributed by atoms with Crippen LogP contribution in [-0.2, 0) is 9.47 Å². The van der Waals surface area contributed by atoms with Crippen LogP contribution in [0.25, 0.3) is 11.2 Å². The summed E-state index contributed by atoms with van der Waals surface area (Å²) in [7, 11) is 1.59. The molecule has 3 heterocycles. The first-order chi connectivity index (χ1) is 12.9. The lowest BCUT2D eigenvalue weighted by Gasteiger charge is -2.21. The van der Waals surface area contributed by atoms with Crippen molar-refractivity contribution in [2.45, 2.75) is 43.8 Å². The molecule has 2 aromatic rings. The smallest absolute Gasteiger partial charge is 0.414 e. The van der Waals surface area contributed by atoms with E-state index in [2.05, 4.69) is 32.2 Å². The zero-order chi connectivity index (χ0) is 20.9. The number of alkyl halides is 2. The predicted molar refractivity (Wildman–Crippen MR) is 99.7 cm³/mol. The van der Waals surface area contributed by atoms with Gasteiger partial charge in [0, 0.05) is 7.05 Å². The Bertz CT molecular complexity index is 941. The monoisotopic (exact) mass is 414 g/mol. The van der Waals surface area contributed by atoms with E-state index in [1.807, 2.05) is 0 Å². The summed E-state index contributed by atoms with van der Waals surface area (Å²) in [5.74, 6) is -0.0604. The van der Waals surface area contributed by atoms with Gasteiger partial charge in [0.05, 0.1) is 0 Å². The van der Waals surface area contributed by atoms with E-state index in [-0.39, 0.29) is 28.7 Å². The molecule has 0 unspecified atom stereocenters. The maximum absolute atomic E-state index is 14.8. The third-order valence-corrected chi connectivity index (χ3v) is 4.18. The number of hydrogen-bond acceptors (Lipinski definition) is 8. The molecule has 152 valence electrons. The number of anilines is 2. The van der Waals surface area contributed by atoms with E-state index in [0.29, 0.717) is 0 Å². The van der Waals surface area contributed by atoms with Gasteiger partial charge in [-0.15, -0.1) is 0 Å². The van der Waals surface area contributed by atoms with Crippen LogP contribution in [0.2, 0.25) is 0 Å². The van der Waals surface area contributed by atoms with E-state index in [0.717, 1.165) is 0 Å². The molecule has 2 aromatic heterocycles. The Kier molecular flexibility index (Phi) is 4.84. The van der Waals surface area contributed by atoms with Crippen molar-refractivity contribution in [1.29, 1.82) is 0 Å². The van der Waals surface area contributed by atoms with Crippen LogP contribution < -0.4 is 10.6 Å². The van der Waals surface area contributed by atoms with Gasteiger partial charge in [-0.05, 0) is 20.8 Å². The third-order valence-electron chi connectivity index (χ3n) is 3.79. The fourth-order valence-corrected chi connectivity index (χ4v) is 2.86. The normalized spacial score (nSPS) is 24.9. The third kappa shape index (κ3) is 3.54. The molecular formula is C16H20ClFN6O4. The highest BCUT2D eigenvalue weighted by molar-refractivity contribution is 6.24. The molecular weight excluding hydrogens is 395 g/mol. The lowest BCUT2D eigenvalue weighted by molar-refractivity contribution is 0.0133. The van der Waals surface area contributed by atoms with Crippen LogP contribution in [0, 0.1) is 0 Å². The van der Waals surface area contributed by atoms with E-state index in [4.69, 9.17) is 21.1 Å². The molecule has 3 atom stereocenters. The van der Waals surface area contributed by atoms with Crippen LogP contribution in [-0.4, -0.2) is 54.6 Å². The van der Waals surface area contributed by atoms with Crippen molar-refractivity contribution in [3.63, 3.8) is 0 Å². The van der Waals surface area contributed by atoms with Crippen molar-refractivity contribution in [2.24, 2.45) is 0 Å². The maximum Gasteiger partial charge on any atom is 0.414 e. The standard InChI is InChI=1S/C16H20ClFN6O4/c1-7-9(25)16(17,18)12(27-7)24-6-20-8-10(19-5)21-13(22-11(8)24)23-14(26)28-15(2,3)4/h6,9,12,25H,1H2,2-5H3,(H2,19,21,22,23,26)/t9-,12-,16-/m1/s1.